The standard InChI is InChI=1S/C15H14Cl3NO/c1-9(12-6-7-13(16)15(18)14(12)17)19-11-4-2-10(8-20)3-5-11/h2-7,9,19-20H,8H2,1H3. The Labute approximate surface area is 133 Å². The highest BCUT2D eigenvalue weighted by atomic mass is 35.5. The predicted molar refractivity (Wildman–Crippen MR) is 85.9 cm³/mol. The van der Waals surface area contributed by atoms with Gasteiger partial charge in [0.2, 0.25) is 0 Å². The van der Waals surface area contributed by atoms with Gasteiger partial charge in [-0.3, -0.25) is 0 Å². The zero-order valence-electron chi connectivity index (χ0n) is 10.8. The van der Waals surface area contributed by atoms with Crippen molar-refractivity contribution in [1.29, 1.82) is 0 Å². The first-order chi connectivity index (χ1) is 9.52. The molecule has 2 aromatic carbocycles. The maximum atomic E-state index is 9.02. The normalized spacial score (nSPS) is 12.2. The first-order valence-electron chi connectivity index (χ1n) is 6.12. The Morgan fingerprint density at radius 3 is 2.25 bits per heavy atom. The van der Waals surface area contributed by atoms with E-state index in [0.29, 0.717) is 15.1 Å². The molecule has 0 amide bonds. The maximum Gasteiger partial charge on any atom is 0.0782 e. The molecule has 0 saturated heterocycles. The van der Waals surface area contributed by atoms with Crippen molar-refractivity contribution in [2.45, 2.75) is 19.6 Å². The van der Waals surface area contributed by atoms with Gasteiger partial charge in [0, 0.05) is 5.69 Å². The number of aliphatic hydroxyl groups is 1. The van der Waals surface area contributed by atoms with Crippen LogP contribution in [0, 0.1) is 0 Å². The van der Waals surface area contributed by atoms with Gasteiger partial charge in [-0.05, 0) is 36.2 Å². The third kappa shape index (κ3) is 3.39. The number of anilines is 1. The van der Waals surface area contributed by atoms with Crippen LogP contribution in [0.3, 0.4) is 0 Å². The zero-order valence-corrected chi connectivity index (χ0v) is 13.1. The van der Waals surface area contributed by atoms with Crippen molar-refractivity contribution in [3.05, 3.63) is 62.6 Å². The van der Waals surface area contributed by atoms with Crippen LogP contribution >= 0.6 is 34.8 Å². The number of aliphatic hydroxyl groups excluding tert-OH is 1. The summed E-state index contributed by atoms with van der Waals surface area (Å²) in [6.07, 6.45) is 0. The van der Waals surface area contributed by atoms with E-state index in [-0.39, 0.29) is 12.6 Å². The molecule has 106 valence electrons. The number of hydrogen-bond acceptors (Lipinski definition) is 2. The van der Waals surface area contributed by atoms with Crippen molar-refractivity contribution >= 4 is 40.5 Å². The highest BCUT2D eigenvalue weighted by Gasteiger charge is 2.14. The SMILES string of the molecule is CC(Nc1ccc(CO)cc1)c1ccc(Cl)c(Cl)c1Cl. The van der Waals surface area contributed by atoms with Gasteiger partial charge in [-0.25, -0.2) is 0 Å². The molecule has 1 unspecified atom stereocenters. The monoisotopic (exact) mass is 329 g/mol. The summed E-state index contributed by atoms with van der Waals surface area (Å²) in [4.78, 5) is 0. The number of nitrogens with one attached hydrogen (secondary N) is 1. The molecule has 0 aliphatic rings. The molecule has 0 bridgehead atoms. The highest BCUT2D eigenvalue weighted by Crippen LogP contribution is 2.36. The van der Waals surface area contributed by atoms with E-state index in [1.54, 1.807) is 6.07 Å². The molecular weight excluding hydrogens is 317 g/mol. The fraction of sp³-hybridized carbons (Fsp3) is 0.200. The Bertz CT molecular complexity index is 599. The number of benzene rings is 2. The summed E-state index contributed by atoms with van der Waals surface area (Å²) in [6.45, 7) is 2.03. The van der Waals surface area contributed by atoms with Crippen molar-refractivity contribution in [3.8, 4) is 0 Å². The molecule has 0 aliphatic heterocycles. The number of hydrogen-bond donors (Lipinski definition) is 2. The van der Waals surface area contributed by atoms with Crippen molar-refractivity contribution < 1.29 is 5.11 Å². The minimum Gasteiger partial charge on any atom is -0.392 e. The Balaban J connectivity index is 2.19. The van der Waals surface area contributed by atoms with Gasteiger partial charge in [-0.1, -0.05) is 53.0 Å². The van der Waals surface area contributed by atoms with Gasteiger partial charge < -0.3 is 10.4 Å². The van der Waals surface area contributed by atoms with Crippen LogP contribution in [0.25, 0.3) is 0 Å². The zero-order chi connectivity index (χ0) is 14.7. The first kappa shape index (κ1) is 15.5. The van der Waals surface area contributed by atoms with Gasteiger partial charge in [-0.15, -0.1) is 0 Å². The Morgan fingerprint density at radius 1 is 1.00 bits per heavy atom. The summed E-state index contributed by atoms with van der Waals surface area (Å²) >= 11 is 18.2. The molecule has 1 atom stereocenters. The topological polar surface area (TPSA) is 32.3 Å². The van der Waals surface area contributed by atoms with E-state index in [0.717, 1.165) is 16.8 Å². The fourth-order valence-corrected chi connectivity index (χ4v) is 2.62. The largest absolute Gasteiger partial charge is 0.392 e. The van der Waals surface area contributed by atoms with Gasteiger partial charge in [0.25, 0.3) is 0 Å². The van der Waals surface area contributed by atoms with Gasteiger partial charge in [0.05, 0.1) is 27.7 Å². The van der Waals surface area contributed by atoms with Crippen LogP contribution in [0.4, 0.5) is 5.69 Å². The lowest BCUT2D eigenvalue weighted by Crippen LogP contribution is -2.07. The second-order valence-electron chi connectivity index (χ2n) is 4.49. The Hall–Kier alpha value is -0.930. The second-order valence-corrected chi connectivity index (χ2v) is 5.65. The lowest BCUT2D eigenvalue weighted by molar-refractivity contribution is 0.282. The highest BCUT2D eigenvalue weighted by molar-refractivity contribution is 6.48. The smallest absolute Gasteiger partial charge is 0.0782 e. The van der Waals surface area contributed by atoms with E-state index in [2.05, 4.69) is 5.32 Å². The lowest BCUT2D eigenvalue weighted by atomic mass is 10.1. The molecule has 0 saturated carbocycles. The molecule has 2 nitrogen and oxygen atoms in total. The average molecular weight is 331 g/mol. The number of rotatable bonds is 4. The maximum absolute atomic E-state index is 9.02. The van der Waals surface area contributed by atoms with E-state index in [9.17, 15) is 0 Å². The van der Waals surface area contributed by atoms with Crippen LogP contribution in [0.2, 0.25) is 15.1 Å². The van der Waals surface area contributed by atoms with E-state index < -0.39 is 0 Å². The average Bonchev–Trinajstić information content (AvgIpc) is 2.45. The van der Waals surface area contributed by atoms with Crippen LogP contribution in [0.15, 0.2) is 36.4 Å². The van der Waals surface area contributed by atoms with Crippen LogP contribution < -0.4 is 5.32 Å². The third-order valence-corrected chi connectivity index (χ3v) is 4.36. The predicted octanol–water partition coefficient (Wildman–Crippen LogP) is 5.31. The molecule has 0 spiro atoms. The molecular formula is C15H14Cl3NO. The first-order valence-corrected chi connectivity index (χ1v) is 7.26. The summed E-state index contributed by atoms with van der Waals surface area (Å²) in [7, 11) is 0. The molecule has 0 aromatic heterocycles. The molecule has 0 radical (unpaired) electrons. The molecule has 2 rings (SSSR count). The minimum atomic E-state index is -0.0164. The summed E-state index contributed by atoms with van der Waals surface area (Å²) in [5, 5.41) is 13.6. The molecule has 2 N–H and O–H groups in total. The molecule has 0 aliphatic carbocycles. The van der Waals surface area contributed by atoms with Gasteiger partial charge in [0.1, 0.15) is 0 Å². The summed E-state index contributed by atoms with van der Waals surface area (Å²) in [5.41, 5.74) is 2.69. The van der Waals surface area contributed by atoms with Crippen LogP contribution in [-0.2, 0) is 6.61 Å². The summed E-state index contributed by atoms with van der Waals surface area (Å²) < 4.78 is 0. The van der Waals surface area contributed by atoms with Gasteiger partial charge in [0.15, 0.2) is 0 Å². The van der Waals surface area contributed by atoms with E-state index in [4.69, 9.17) is 39.9 Å². The quantitative estimate of drug-likeness (QED) is 0.744. The van der Waals surface area contributed by atoms with Gasteiger partial charge >= 0.3 is 0 Å². The van der Waals surface area contributed by atoms with Crippen molar-refractivity contribution in [1.82, 2.24) is 0 Å². The van der Waals surface area contributed by atoms with E-state index in [1.165, 1.54) is 0 Å². The molecule has 2 aromatic rings. The Morgan fingerprint density at radius 2 is 1.65 bits per heavy atom. The third-order valence-electron chi connectivity index (χ3n) is 3.05. The van der Waals surface area contributed by atoms with Crippen molar-refractivity contribution in [2.24, 2.45) is 0 Å². The molecule has 0 fully saturated rings. The van der Waals surface area contributed by atoms with Crippen LogP contribution in [-0.4, -0.2) is 5.11 Å². The van der Waals surface area contributed by atoms with Crippen LogP contribution in [0.1, 0.15) is 24.1 Å². The molecule has 20 heavy (non-hydrogen) atoms. The molecule has 5 heteroatoms. The number of halogens is 3. The summed E-state index contributed by atoms with van der Waals surface area (Å²) in [6, 6.07) is 11.1. The fourth-order valence-electron chi connectivity index (χ4n) is 1.91. The van der Waals surface area contributed by atoms with Crippen molar-refractivity contribution in [3.63, 3.8) is 0 Å². The van der Waals surface area contributed by atoms with Gasteiger partial charge in [-0.2, -0.15) is 0 Å². The Kier molecular flexibility index (Phi) is 5.17. The molecule has 0 heterocycles. The lowest BCUT2D eigenvalue weighted by Gasteiger charge is -2.18. The van der Waals surface area contributed by atoms with E-state index in [1.807, 2.05) is 37.3 Å². The van der Waals surface area contributed by atoms with Crippen molar-refractivity contribution in [2.75, 3.05) is 5.32 Å². The minimum absolute atomic E-state index is 0.0164. The van der Waals surface area contributed by atoms with Crippen LogP contribution in [0.5, 0.6) is 0 Å². The summed E-state index contributed by atoms with van der Waals surface area (Å²) in [5.74, 6) is 0. The second kappa shape index (κ2) is 6.68. The van der Waals surface area contributed by atoms with E-state index >= 15 is 0 Å².